The molecule has 19 heavy (non-hydrogen) atoms. The lowest BCUT2D eigenvalue weighted by atomic mass is 10.2. The first-order valence-electron chi connectivity index (χ1n) is 5.93. The fourth-order valence-electron chi connectivity index (χ4n) is 1.92. The Labute approximate surface area is 108 Å². The summed E-state index contributed by atoms with van der Waals surface area (Å²) in [6.45, 7) is 2.39. The van der Waals surface area contributed by atoms with Gasteiger partial charge in [0.15, 0.2) is 11.5 Å². The van der Waals surface area contributed by atoms with Gasteiger partial charge >= 0.3 is 6.18 Å². The van der Waals surface area contributed by atoms with E-state index in [2.05, 4.69) is 15.5 Å². The molecule has 1 aliphatic rings. The smallest absolute Gasteiger partial charge is 0.373 e. The highest BCUT2D eigenvalue weighted by molar-refractivity contribution is 5.38. The average Bonchev–Trinajstić information content (AvgIpc) is 2.39. The number of nitrogens with zero attached hydrogens (tertiary/aromatic N) is 3. The van der Waals surface area contributed by atoms with Gasteiger partial charge in [-0.25, -0.2) is 0 Å². The highest BCUT2D eigenvalue weighted by Crippen LogP contribution is 2.27. The van der Waals surface area contributed by atoms with Crippen LogP contribution in [0.25, 0.3) is 0 Å². The summed E-state index contributed by atoms with van der Waals surface area (Å²) >= 11 is 0. The van der Waals surface area contributed by atoms with Crippen LogP contribution >= 0.6 is 0 Å². The van der Waals surface area contributed by atoms with Gasteiger partial charge in [0.1, 0.15) is 0 Å². The molecule has 0 radical (unpaired) electrons. The molecule has 1 aromatic rings. The van der Waals surface area contributed by atoms with Crippen LogP contribution in [0.15, 0.2) is 12.1 Å². The van der Waals surface area contributed by atoms with Crippen molar-refractivity contribution in [3.63, 3.8) is 0 Å². The summed E-state index contributed by atoms with van der Waals surface area (Å²) in [6, 6.07) is 2.29. The van der Waals surface area contributed by atoms with E-state index in [1.165, 1.54) is 6.07 Å². The summed E-state index contributed by atoms with van der Waals surface area (Å²) in [6.07, 6.45) is -4.45. The van der Waals surface area contributed by atoms with Crippen LogP contribution in [0.3, 0.4) is 0 Å². The molecule has 0 spiro atoms. The summed E-state index contributed by atoms with van der Waals surface area (Å²) in [5, 5.41) is 9.87. The third-order valence-corrected chi connectivity index (χ3v) is 2.84. The van der Waals surface area contributed by atoms with Gasteiger partial charge in [0.05, 0.1) is 12.7 Å². The van der Waals surface area contributed by atoms with Gasteiger partial charge in [0, 0.05) is 19.6 Å². The highest BCUT2D eigenvalue weighted by Gasteiger charge is 2.33. The van der Waals surface area contributed by atoms with Crippen molar-refractivity contribution in [3.05, 3.63) is 17.8 Å². The van der Waals surface area contributed by atoms with Crippen LogP contribution in [0.5, 0.6) is 0 Å². The number of aromatic nitrogens is 2. The number of hydrogen-bond acceptors (Lipinski definition) is 5. The summed E-state index contributed by atoms with van der Waals surface area (Å²) < 4.78 is 42.7. The van der Waals surface area contributed by atoms with E-state index < -0.39 is 11.9 Å². The van der Waals surface area contributed by atoms with Crippen molar-refractivity contribution in [1.29, 1.82) is 0 Å². The molecule has 1 atom stereocenters. The number of morpholine rings is 1. The van der Waals surface area contributed by atoms with Crippen molar-refractivity contribution in [2.45, 2.75) is 12.3 Å². The van der Waals surface area contributed by atoms with Crippen LogP contribution in [0.2, 0.25) is 0 Å². The Hall–Kier alpha value is -1.41. The quantitative estimate of drug-likeness (QED) is 0.889. The van der Waals surface area contributed by atoms with E-state index in [4.69, 9.17) is 4.74 Å². The minimum Gasteiger partial charge on any atom is -0.373 e. The first kappa shape index (κ1) is 14.0. The molecule has 1 aliphatic heterocycles. The molecule has 0 saturated carbocycles. The zero-order valence-electron chi connectivity index (χ0n) is 10.4. The lowest BCUT2D eigenvalue weighted by molar-refractivity contribution is -0.141. The summed E-state index contributed by atoms with van der Waals surface area (Å²) in [5.74, 6) is 0.442. The Bertz CT molecular complexity index is 407. The predicted octanol–water partition coefficient (Wildman–Crippen LogP) is 0.920. The van der Waals surface area contributed by atoms with Gasteiger partial charge < -0.3 is 15.0 Å². The largest absolute Gasteiger partial charge is 0.435 e. The number of ether oxygens (including phenoxy) is 1. The Morgan fingerprint density at radius 2 is 2.21 bits per heavy atom. The van der Waals surface area contributed by atoms with Crippen LogP contribution in [0.1, 0.15) is 5.69 Å². The topological polar surface area (TPSA) is 50.3 Å². The number of anilines is 1. The zero-order chi connectivity index (χ0) is 13.9. The molecule has 1 saturated heterocycles. The Morgan fingerprint density at radius 3 is 2.79 bits per heavy atom. The van der Waals surface area contributed by atoms with Crippen molar-refractivity contribution in [1.82, 2.24) is 15.5 Å². The molecule has 0 amide bonds. The van der Waals surface area contributed by atoms with Crippen molar-refractivity contribution in [2.24, 2.45) is 0 Å². The first-order chi connectivity index (χ1) is 9.00. The number of nitrogens with one attached hydrogen (secondary N) is 1. The van der Waals surface area contributed by atoms with Crippen LogP contribution in [-0.4, -0.2) is 49.6 Å². The monoisotopic (exact) mass is 276 g/mol. The second-order valence-corrected chi connectivity index (χ2v) is 4.27. The van der Waals surface area contributed by atoms with Crippen LogP contribution in [0.4, 0.5) is 19.0 Å². The fraction of sp³-hybridized carbons (Fsp3) is 0.636. The van der Waals surface area contributed by atoms with E-state index in [-0.39, 0.29) is 6.10 Å². The van der Waals surface area contributed by atoms with Crippen molar-refractivity contribution >= 4 is 5.82 Å². The minimum atomic E-state index is -4.45. The first-order valence-corrected chi connectivity index (χ1v) is 5.93. The Morgan fingerprint density at radius 1 is 1.42 bits per heavy atom. The SMILES string of the molecule is CNCC1CN(c2ccc(C(F)(F)F)nn2)CCO1. The second-order valence-electron chi connectivity index (χ2n) is 4.27. The molecule has 2 heterocycles. The van der Waals surface area contributed by atoms with Crippen molar-refractivity contribution in [3.8, 4) is 0 Å². The van der Waals surface area contributed by atoms with E-state index in [9.17, 15) is 13.2 Å². The van der Waals surface area contributed by atoms with E-state index >= 15 is 0 Å². The molecule has 5 nitrogen and oxygen atoms in total. The molecule has 2 rings (SSSR count). The fourth-order valence-corrected chi connectivity index (χ4v) is 1.92. The maximum atomic E-state index is 12.4. The number of halogens is 3. The van der Waals surface area contributed by atoms with E-state index in [0.29, 0.717) is 32.1 Å². The lowest BCUT2D eigenvalue weighted by Crippen LogP contribution is -2.46. The van der Waals surface area contributed by atoms with Gasteiger partial charge in [-0.3, -0.25) is 0 Å². The molecule has 106 valence electrons. The number of likely N-dealkylation sites (N-methyl/N-ethyl adjacent to an activating group) is 1. The van der Waals surface area contributed by atoms with Crippen molar-refractivity contribution < 1.29 is 17.9 Å². The van der Waals surface area contributed by atoms with Gasteiger partial charge in [-0.05, 0) is 19.2 Å². The number of alkyl halides is 3. The van der Waals surface area contributed by atoms with Crippen LogP contribution in [-0.2, 0) is 10.9 Å². The van der Waals surface area contributed by atoms with Crippen molar-refractivity contribution in [2.75, 3.05) is 38.2 Å². The molecule has 0 aliphatic carbocycles. The standard InChI is InChI=1S/C11H15F3N4O/c1-15-6-8-7-18(4-5-19-8)10-3-2-9(16-17-10)11(12,13)14/h2-3,8,15H,4-7H2,1H3. The molecule has 0 bridgehead atoms. The molecule has 1 aromatic heterocycles. The van der Waals surface area contributed by atoms with Gasteiger partial charge in [0.25, 0.3) is 0 Å². The normalized spacial score (nSPS) is 20.6. The summed E-state index contributed by atoms with van der Waals surface area (Å²) in [5.41, 5.74) is -0.976. The second kappa shape index (κ2) is 5.70. The lowest BCUT2D eigenvalue weighted by Gasteiger charge is -2.33. The van der Waals surface area contributed by atoms with Gasteiger partial charge in [-0.1, -0.05) is 0 Å². The van der Waals surface area contributed by atoms with E-state index in [0.717, 1.165) is 6.07 Å². The number of rotatable bonds is 3. The van der Waals surface area contributed by atoms with Gasteiger partial charge in [0.2, 0.25) is 0 Å². The molecule has 1 fully saturated rings. The maximum absolute atomic E-state index is 12.4. The highest BCUT2D eigenvalue weighted by atomic mass is 19.4. The molecule has 1 N–H and O–H groups in total. The molecular formula is C11H15F3N4O. The third kappa shape index (κ3) is 3.54. The molecule has 8 heteroatoms. The van der Waals surface area contributed by atoms with Crippen LogP contribution < -0.4 is 10.2 Å². The number of hydrogen-bond donors (Lipinski definition) is 1. The minimum absolute atomic E-state index is 0.00263. The van der Waals surface area contributed by atoms with Gasteiger partial charge in [-0.15, -0.1) is 10.2 Å². The van der Waals surface area contributed by atoms with Crippen LogP contribution in [0, 0.1) is 0 Å². The van der Waals surface area contributed by atoms with Gasteiger partial charge in [-0.2, -0.15) is 13.2 Å². The third-order valence-electron chi connectivity index (χ3n) is 2.84. The summed E-state index contributed by atoms with van der Waals surface area (Å²) in [4.78, 5) is 1.87. The Balaban J connectivity index is 2.05. The predicted molar refractivity (Wildman–Crippen MR) is 62.9 cm³/mol. The summed E-state index contributed by atoms with van der Waals surface area (Å²) in [7, 11) is 1.82. The zero-order valence-corrected chi connectivity index (χ0v) is 10.4. The molecular weight excluding hydrogens is 261 g/mol. The average molecular weight is 276 g/mol. The van der Waals surface area contributed by atoms with E-state index in [1.54, 1.807) is 0 Å². The molecule has 0 aromatic carbocycles. The maximum Gasteiger partial charge on any atom is 0.435 e. The van der Waals surface area contributed by atoms with E-state index in [1.807, 2.05) is 11.9 Å². The Kier molecular flexibility index (Phi) is 4.20. The molecule has 1 unspecified atom stereocenters.